The molecule has 4 heterocycles. The van der Waals surface area contributed by atoms with E-state index in [9.17, 15) is 4.79 Å². The van der Waals surface area contributed by atoms with Crippen LogP contribution in [0.1, 0.15) is 30.9 Å². The van der Waals surface area contributed by atoms with E-state index in [1.807, 2.05) is 13.8 Å². The number of nitrogens with zero attached hydrogens (tertiary/aromatic N) is 6. The predicted octanol–water partition coefficient (Wildman–Crippen LogP) is 4.61. The second-order valence-electron chi connectivity index (χ2n) is 7.30. The Morgan fingerprint density at radius 2 is 1.85 bits per heavy atom. The fourth-order valence-electron chi connectivity index (χ4n) is 3.73. The van der Waals surface area contributed by atoms with E-state index >= 15 is 0 Å². The molecular formula is C20H16Cl3N9O. The lowest BCUT2D eigenvalue weighted by Crippen LogP contribution is -2.29. The van der Waals surface area contributed by atoms with E-state index in [1.165, 1.54) is 4.57 Å². The summed E-state index contributed by atoms with van der Waals surface area (Å²) in [6.45, 7) is 3.81. The number of hydrogen-bond acceptors (Lipinski definition) is 7. The van der Waals surface area contributed by atoms with Crippen LogP contribution in [0.25, 0.3) is 27.8 Å². The van der Waals surface area contributed by atoms with Gasteiger partial charge < -0.3 is 5.32 Å². The third kappa shape index (κ3) is 3.60. The molecule has 3 N–H and O–H groups in total. The highest BCUT2D eigenvalue weighted by Crippen LogP contribution is 2.31. The maximum absolute atomic E-state index is 13.6. The van der Waals surface area contributed by atoms with Gasteiger partial charge in [-0.1, -0.05) is 30.1 Å². The molecule has 0 amide bonds. The summed E-state index contributed by atoms with van der Waals surface area (Å²) < 4.78 is 1.43. The Labute approximate surface area is 201 Å². The highest BCUT2D eigenvalue weighted by atomic mass is 35.5. The topological polar surface area (TPSA) is 130 Å². The quantitative estimate of drug-likeness (QED) is 0.298. The number of aromatic nitrogens is 8. The van der Waals surface area contributed by atoms with Crippen molar-refractivity contribution < 1.29 is 0 Å². The summed E-state index contributed by atoms with van der Waals surface area (Å²) in [4.78, 5) is 26.9. The summed E-state index contributed by atoms with van der Waals surface area (Å²) in [6.07, 6.45) is 2.09. The average Bonchev–Trinajstić information content (AvgIpc) is 3.44. The number of anilines is 1. The highest BCUT2D eigenvalue weighted by molar-refractivity contribution is 6.39. The van der Waals surface area contributed by atoms with E-state index in [1.54, 1.807) is 24.4 Å². The number of H-pyrrole nitrogens is 2. The Morgan fingerprint density at radius 3 is 2.58 bits per heavy atom. The molecule has 1 aromatic carbocycles. The Morgan fingerprint density at radius 1 is 1.06 bits per heavy atom. The number of rotatable bonds is 5. The highest BCUT2D eigenvalue weighted by Gasteiger charge is 2.24. The smallest absolute Gasteiger partial charge is 0.268 e. The molecule has 0 saturated heterocycles. The van der Waals surface area contributed by atoms with E-state index < -0.39 is 6.04 Å². The second-order valence-corrected chi connectivity index (χ2v) is 8.45. The Kier molecular flexibility index (Phi) is 5.43. The van der Waals surface area contributed by atoms with Crippen LogP contribution < -0.4 is 10.9 Å². The number of benzene rings is 1. The van der Waals surface area contributed by atoms with E-state index in [-0.39, 0.29) is 21.3 Å². The third-order valence-electron chi connectivity index (χ3n) is 5.28. The van der Waals surface area contributed by atoms with Crippen molar-refractivity contribution >= 4 is 62.6 Å². The van der Waals surface area contributed by atoms with Crippen LogP contribution in [0.3, 0.4) is 0 Å². The Hall–Kier alpha value is -3.21. The number of hydrogen-bond donors (Lipinski definition) is 3. The summed E-state index contributed by atoms with van der Waals surface area (Å²) in [5, 5.41) is 18.7. The summed E-state index contributed by atoms with van der Waals surface area (Å²) in [5.41, 5.74) is 1.13. The number of aryl methyl sites for hydroxylation is 1. The maximum atomic E-state index is 13.6. The van der Waals surface area contributed by atoms with Gasteiger partial charge in [0.15, 0.2) is 5.65 Å². The summed E-state index contributed by atoms with van der Waals surface area (Å²) in [7, 11) is 0. The lowest BCUT2D eigenvalue weighted by Gasteiger charge is -2.22. The van der Waals surface area contributed by atoms with Crippen molar-refractivity contribution in [2.75, 3.05) is 5.32 Å². The van der Waals surface area contributed by atoms with Crippen molar-refractivity contribution in [2.24, 2.45) is 0 Å². The lowest BCUT2D eigenvalue weighted by atomic mass is 10.1. The SMILES string of the molecule is CCC(Nc1nc(Cl)nc2n[nH]c(C)c12)c1nc2c(Cl)ccc(Cl)c2c(=O)n1-c1ccn[nH]1. The molecule has 1 unspecified atom stereocenters. The molecule has 33 heavy (non-hydrogen) atoms. The first-order valence-electron chi connectivity index (χ1n) is 9.94. The van der Waals surface area contributed by atoms with Crippen LogP contribution >= 0.6 is 34.8 Å². The molecular weight excluding hydrogens is 489 g/mol. The Bertz CT molecular complexity index is 1560. The van der Waals surface area contributed by atoms with Gasteiger partial charge in [-0.05, 0) is 37.1 Å². The van der Waals surface area contributed by atoms with Crippen LogP contribution in [0.5, 0.6) is 0 Å². The fourth-order valence-corrected chi connectivity index (χ4v) is 4.33. The molecule has 13 heteroatoms. The average molecular weight is 505 g/mol. The van der Waals surface area contributed by atoms with Crippen molar-refractivity contribution in [3.05, 3.63) is 61.6 Å². The van der Waals surface area contributed by atoms with Crippen LogP contribution in [0, 0.1) is 6.92 Å². The monoisotopic (exact) mass is 503 g/mol. The van der Waals surface area contributed by atoms with Crippen molar-refractivity contribution in [3.63, 3.8) is 0 Å². The molecule has 0 aliphatic heterocycles. The predicted molar refractivity (Wildman–Crippen MR) is 128 cm³/mol. The van der Waals surface area contributed by atoms with Crippen LogP contribution in [-0.2, 0) is 0 Å². The molecule has 10 nitrogen and oxygen atoms in total. The largest absolute Gasteiger partial charge is 0.359 e. The van der Waals surface area contributed by atoms with E-state index in [0.717, 1.165) is 5.69 Å². The third-order valence-corrected chi connectivity index (χ3v) is 6.06. The van der Waals surface area contributed by atoms with Gasteiger partial charge >= 0.3 is 0 Å². The van der Waals surface area contributed by atoms with Crippen LogP contribution in [-0.4, -0.2) is 39.9 Å². The van der Waals surface area contributed by atoms with E-state index in [4.69, 9.17) is 39.8 Å². The zero-order chi connectivity index (χ0) is 23.3. The summed E-state index contributed by atoms with van der Waals surface area (Å²) in [6, 6.07) is 4.39. The van der Waals surface area contributed by atoms with Crippen molar-refractivity contribution in [2.45, 2.75) is 26.3 Å². The van der Waals surface area contributed by atoms with Crippen molar-refractivity contribution in [1.29, 1.82) is 0 Å². The number of nitrogens with one attached hydrogen (secondary N) is 3. The summed E-state index contributed by atoms with van der Waals surface area (Å²) >= 11 is 18.9. The van der Waals surface area contributed by atoms with Gasteiger partial charge in [0, 0.05) is 11.8 Å². The maximum Gasteiger partial charge on any atom is 0.268 e. The van der Waals surface area contributed by atoms with Crippen LogP contribution in [0.2, 0.25) is 15.3 Å². The standard InChI is InChI=1S/C20H16Cl3N9O/c1-3-11(25-16-13-8(2)29-31-17(13)28-20(23)27-16)18-26-15-10(22)5-4-9(21)14(15)19(33)32(18)12-6-7-24-30-12/h4-7,11H,3H2,1-2H3,(H,24,30)(H2,25,27,28,29,31). The minimum absolute atomic E-state index is 0.0404. The molecule has 5 rings (SSSR count). The first-order valence-corrected chi connectivity index (χ1v) is 11.1. The minimum atomic E-state index is -0.469. The molecule has 0 spiro atoms. The number of fused-ring (bicyclic) bond motifs is 2. The van der Waals surface area contributed by atoms with E-state index in [2.05, 4.69) is 35.7 Å². The molecule has 0 fully saturated rings. The van der Waals surface area contributed by atoms with Gasteiger partial charge in [0.05, 0.1) is 38.6 Å². The second kappa shape index (κ2) is 8.29. The molecule has 0 saturated carbocycles. The Balaban J connectivity index is 1.77. The van der Waals surface area contributed by atoms with E-state index in [0.29, 0.717) is 45.5 Å². The molecule has 168 valence electrons. The molecule has 1 atom stereocenters. The molecule has 0 radical (unpaired) electrons. The number of halogens is 3. The summed E-state index contributed by atoms with van der Waals surface area (Å²) in [5.74, 6) is 1.30. The first-order chi connectivity index (χ1) is 15.9. The fraction of sp³-hybridized carbons (Fsp3) is 0.200. The van der Waals surface area contributed by atoms with Gasteiger partial charge in [-0.3, -0.25) is 15.0 Å². The molecule has 0 aliphatic carbocycles. The first kappa shape index (κ1) is 21.6. The number of aromatic amines is 2. The molecule has 4 aromatic heterocycles. The van der Waals surface area contributed by atoms with Crippen molar-refractivity contribution in [1.82, 2.24) is 39.9 Å². The van der Waals surface area contributed by atoms with Gasteiger partial charge in [-0.2, -0.15) is 20.2 Å². The minimum Gasteiger partial charge on any atom is -0.359 e. The molecule has 5 aromatic rings. The zero-order valence-electron chi connectivity index (χ0n) is 17.3. The molecule has 0 aliphatic rings. The van der Waals surface area contributed by atoms with Crippen molar-refractivity contribution in [3.8, 4) is 5.82 Å². The van der Waals surface area contributed by atoms with Gasteiger partial charge in [-0.25, -0.2) is 9.55 Å². The van der Waals surface area contributed by atoms with Gasteiger partial charge in [0.1, 0.15) is 17.5 Å². The normalized spacial score (nSPS) is 12.5. The molecule has 0 bridgehead atoms. The van der Waals surface area contributed by atoms with Gasteiger partial charge in [0.25, 0.3) is 5.56 Å². The zero-order valence-corrected chi connectivity index (χ0v) is 19.6. The van der Waals surface area contributed by atoms with Crippen LogP contribution in [0.4, 0.5) is 5.82 Å². The van der Waals surface area contributed by atoms with Gasteiger partial charge in [0.2, 0.25) is 5.28 Å². The van der Waals surface area contributed by atoms with Crippen LogP contribution in [0.15, 0.2) is 29.2 Å². The lowest BCUT2D eigenvalue weighted by molar-refractivity contribution is 0.653. The van der Waals surface area contributed by atoms with Gasteiger partial charge in [-0.15, -0.1) is 0 Å².